The highest BCUT2D eigenvalue weighted by Gasteiger charge is 2.26. The maximum Gasteiger partial charge on any atom is 0.317 e. The number of halogens is 1. The van der Waals surface area contributed by atoms with E-state index in [9.17, 15) is 9.59 Å². The molecule has 1 N–H and O–H groups in total. The second-order valence-electron chi connectivity index (χ2n) is 5.79. The number of aliphatic carboxylic acids is 1. The average molecular weight is 385 g/mol. The van der Waals surface area contributed by atoms with Crippen molar-refractivity contribution in [3.63, 3.8) is 0 Å². The molecule has 7 heteroatoms. The lowest BCUT2D eigenvalue weighted by molar-refractivity contribution is -0.138. The van der Waals surface area contributed by atoms with Crippen LogP contribution in [0.15, 0.2) is 22.7 Å². The molecule has 1 aromatic rings. The summed E-state index contributed by atoms with van der Waals surface area (Å²) in [5.41, 5.74) is 1.61. The highest BCUT2D eigenvalue weighted by atomic mass is 79.9. The number of rotatable bonds is 5. The SMILES string of the molecule is Cc1cc(Br)ccc1C(=O)N1CCO[C@H](CN(C)CC(=O)O)C1. The van der Waals surface area contributed by atoms with E-state index in [0.717, 1.165) is 10.0 Å². The minimum atomic E-state index is -0.873. The van der Waals surface area contributed by atoms with E-state index in [2.05, 4.69) is 15.9 Å². The Morgan fingerprint density at radius 1 is 1.48 bits per heavy atom. The number of benzene rings is 1. The molecule has 0 aromatic heterocycles. The number of nitrogens with zero attached hydrogens (tertiary/aromatic N) is 2. The zero-order valence-corrected chi connectivity index (χ0v) is 14.9. The number of likely N-dealkylation sites (N-methyl/N-ethyl adjacent to an activating group) is 1. The fraction of sp³-hybridized carbons (Fsp3) is 0.500. The van der Waals surface area contributed by atoms with Crippen LogP contribution in [0, 0.1) is 6.92 Å². The number of carboxylic acids is 1. The topological polar surface area (TPSA) is 70.1 Å². The van der Waals surface area contributed by atoms with Crippen molar-refractivity contribution in [2.75, 3.05) is 39.8 Å². The predicted octanol–water partition coefficient (Wildman–Crippen LogP) is 1.61. The van der Waals surface area contributed by atoms with Crippen LogP contribution >= 0.6 is 15.9 Å². The van der Waals surface area contributed by atoms with Crippen molar-refractivity contribution in [2.24, 2.45) is 0 Å². The van der Waals surface area contributed by atoms with Crippen molar-refractivity contribution in [2.45, 2.75) is 13.0 Å². The van der Waals surface area contributed by atoms with Crippen LogP contribution < -0.4 is 0 Å². The molecular formula is C16H21BrN2O4. The van der Waals surface area contributed by atoms with Gasteiger partial charge in [-0.05, 0) is 37.7 Å². The highest BCUT2D eigenvalue weighted by Crippen LogP contribution is 2.19. The molecule has 6 nitrogen and oxygen atoms in total. The van der Waals surface area contributed by atoms with Gasteiger partial charge in [-0.3, -0.25) is 14.5 Å². The summed E-state index contributed by atoms with van der Waals surface area (Å²) in [5, 5.41) is 8.80. The van der Waals surface area contributed by atoms with E-state index in [1.165, 1.54) is 0 Å². The van der Waals surface area contributed by atoms with E-state index in [1.54, 1.807) is 16.8 Å². The highest BCUT2D eigenvalue weighted by molar-refractivity contribution is 9.10. The molecule has 0 spiro atoms. The largest absolute Gasteiger partial charge is 0.480 e. The molecule has 1 saturated heterocycles. The Labute approximate surface area is 144 Å². The summed E-state index contributed by atoms with van der Waals surface area (Å²) in [5.74, 6) is -0.883. The van der Waals surface area contributed by atoms with Crippen LogP contribution in [0.4, 0.5) is 0 Å². The summed E-state index contributed by atoms with van der Waals surface area (Å²) >= 11 is 3.40. The quantitative estimate of drug-likeness (QED) is 0.834. The van der Waals surface area contributed by atoms with Gasteiger partial charge in [-0.1, -0.05) is 15.9 Å². The second-order valence-corrected chi connectivity index (χ2v) is 6.71. The van der Waals surface area contributed by atoms with E-state index in [4.69, 9.17) is 9.84 Å². The molecule has 1 aliphatic heterocycles. The Morgan fingerprint density at radius 3 is 2.87 bits per heavy atom. The minimum Gasteiger partial charge on any atom is -0.480 e. The number of morpholine rings is 1. The molecule has 0 saturated carbocycles. The number of ether oxygens (including phenoxy) is 1. The molecule has 0 radical (unpaired) electrons. The molecule has 1 fully saturated rings. The Morgan fingerprint density at radius 2 is 2.22 bits per heavy atom. The number of carboxylic acid groups (broad SMARTS) is 1. The molecule has 0 bridgehead atoms. The van der Waals surface area contributed by atoms with Gasteiger partial charge in [-0.25, -0.2) is 0 Å². The molecule has 1 aromatic carbocycles. The minimum absolute atomic E-state index is 0.0100. The molecular weight excluding hydrogens is 364 g/mol. The van der Waals surface area contributed by atoms with E-state index >= 15 is 0 Å². The standard InChI is InChI=1S/C16H21BrN2O4/c1-11-7-12(17)3-4-14(11)16(22)19-5-6-23-13(9-19)8-18(2)10-15(20)21/h3-4,7,13H,5-6,8-10H2,1-2H3,(H,20,21)/t13-/m1/s1. The lowest BCUT2D eigenvalue weighted by Gasteiger charge is -2.34. The Hall–Kier alpha value is -1.44. The molecule has 0 aliphatic carbocycles. The van der Waals surface area contributed by atoms with Crippen molar-refractivity contribution < 1.29 is 19.4 Å². The first-order chi connectivity index (χ1) is 10.9. The monoisotopic (exact) mass is 384 g/mol. The third-order valence-electron chi connectivity index (χ3n) is 3.77. The summed E-state index contributed by atoms with van der Waals surface area (Å²) in [7, 11) is 1.73. The van der Waals surface area contributed by atoms with Crippen molar-refractivity contribution in [1.29, 1.82) is 0 Å². The maximum absolute atomic E-state index is 12.7. The lowest BCUT2D eigenvalue weighted by Crippen LogP contribution is -2.49. The maximum atomic E-state index is 12.7. The van der Waals surface area contributed by atoms with Gasteiger partial charge in [0.1, 0.15) is 0 Å². The number of hydrogen-bond acceptors (Lipinski definition) is 4. The normalized spacial score (nSPS) is 18.3. The van der Waals surface area contributed by atoms with Gasteiger partial charge in [-0.2, -0.15) is 0 Å². The zero-order chi connectivity index (χ0) is 17.0. The van der Waals surface area contributed by atoms with Crippen LogP contribution in [-0.4, -0.2) is 72.7 Å². The summed E-state index contributed by atoms with van der Waals surface area (Å²) < 4.78 is 6.61. The molecule has 1 aliphatic rings. The van der Waals surface area contributed by atoms with Gasteiger partial charge in [0.15, 0.2) is 0 Å². The summed E-state index contributed by atoms with van der Waals surface area (Å²) in [6, 6.07) is 5.60. The average Bonchev–Trinajstić information content (AvgIpc) is 2.46. The van der Waals surface area contributed by atoms with Crippen LogP contribution in [0.2, 0.25) is 0 Å². The van der Waals surface area contributed by atoms with Gasteiger partial charge < -0.3 is 14.7 Å². The first-order valence-corrected chi connectivity index (χ1v) is 8.23. The van der Waals surface area contributed by atoms with Crippen molar-refractivity contribution in [3.8, 4) is 0 Å². The smallest absolute Gasteiger partial charge is 0.317 e. The third kappa shape index (κ3) is 5.02. The molecule has 1 heterocycles. The van der Waals surface area contributed by atoms with E-state index < -0.39 is 5.97 Å². The number of hydrogen-bond donors (Lipinski definition) is 1. The van der Waals surface area contributed by atoms with Gasteiger partial charge in [0.2, 0.25) is 0 Å². The summed E-state index contributed by atoms with van der Waals surface area (Å²) in [4.78, 5) is 26.9. The van der Waals surface area contributed by atoms with Crippen LogP contribution in [0.5, 0.6) is 0 Å². The lowest BCUT2D eigenvalue weighted by atomic mass is 10.1. The van der Waals surface area contributed by atoms with Crippen LogP contribution in [0.1, 0.15) is 15.9 Å². The Balaban J connectivity index is 2.00. The van der Waals surface area contributed by atoms with Gasteiger partial charge in [0, 0.05) is 29.7 Å². The first-order valence-electron chi connectivity index (χ1n) is 7.44. The Bertz CT molecular complexity index is 593. The van der Waals surface area contributed by atoms with Crippen LogP contribution in [0.25, 0.3) is 0 Å². The van der Waals surface area contributed by atoms with Gasteiger partial charge >= 0.3 is 5.97 Å². The fourth-order valence-corrected chi connectivity index (χ4v) is 3.17. The summed E-state index contributed by atoms with van der Waals surface area (Å²) in [6.45, 7) is 3.84. The number of amides is 1. The molecule has 1 atom stereocenters. The second kappa shape index (κ2) is 7.90. The van der Waals surface area contributed by atoms with Gasteiger partial charge in [-0.15, -0.1) is 0 Å². The zero-order valence-electron chi connectivity index (χ0n) is 13.3. The number of carbonyl (C=O) groups is 2. The predicted molar refractivity (Wildman–Crippen MR) is 89.7 cm³/mol. The summed E-state index contributed by atoms with van der Waals surface area (Å²) in [6.07, 6.45) is -0.173. The molecule has 1 amide bonds. The molecule has 2 rings (SSSR count). The molecule has 126 valence electrons. The first kappa shape index (κ1) is 17.9. The molecule has 0 unspecified atom stereocenters. The van der Waals surface area contributed by atoms with Crippen LogP contribution in [-0.2, 0) is 9.53 Å². The van der Waals surface area contributed by atoms with Crippen molar-refractivity contribution >= 4 is 27.8 Å². The fourth-order valence-electron chi connectivity index (χ4n) is 2.69. The number of aryl methyl sites for hydroxylation is 1. The number of carbonyl (C=O) groups excluding carboxylic acids is 1. The van der Waals surface area contributed by atoms with E-state index in [0.29, 0.717) is 31.8 Å². The van der Waals surface area contributed by atoms with Crippen molar-refractivity contribution in [1.82, 2.24) is 9.80 Å². The van der Waals surface area contributed by atoms with Gasteiger partial charge in [0.05, 0.1) is 19.3 Å². The van der Waals surface area contributed by atoms with Gasteiger partial charge in [0.25, 0.3) is 5.91 Å². The van der Waals surface area contributed by atoms with Crippen LogP contribution in [0.3, 0.4) is 0 Å². The third-order valence-corrected chi connectivity index (χ3v) is 4.26. The Kier molecular flexibility index (Phi) is 6.15. The van der Waals surface area contributed by atoms with Crippen molar-refractivity contribution in [3.05, 3.63) is 33.8 Å². The van der Waals surface area contributed by atoms with E-state index in [1.807, 2.05) is 25.1 Å². The molecule has 23 heavy (non-hydrogen) atoms. The van der Waals surface area contributed by atoms with E-state index in [-0.39, 0.29) is 18.6 Å².